The molecule has 0 spiro atoms. The summed E-state index contributed by atoms with van der Waals surface area (Å²) in [5.41, 5.74) is 1.31. The van der Waals surface area contributed by atoms with Crippen molar-refractivity contribution in [3.05, 3.63) is 23.9 Å². The predicted octanol–water partition coefficient (Wildman–Crippen LogP) is 2.69. The highest BCUT2D eigenvalue weighted by molar-refractivity contribution is 5.47. The lowest BCUT2D eigenvalue weighted by Crippen LogP contribution is -2.36. The van der Waals surface area contributed by atoms with E-state index in [1.165, 1.54) is 18.4 Å². The summed E-state index contributed by atoms with van der Waals surface area (Å²) >= 11 is 0. The summed E-state index contributed by atoms with van der Waals surface area (Å²) in [6, 6.07) is 4.23. The molecule has 0 bridgehead atoms. The molecule has 2 rings (SSSR count). The van der Waals surface area contributed by atoms with Crippen LogP contribution in [0.2, 0.25) is 0 Å². The predicted molar refractivity (Wildman–Crippen MR) is 87.6 cm³/mol. The first kappa shape index (κ1) is 16.2. The molecule has 0 amide bonds. The average Bonchev–Trinajstić information content (AvgIpc) is 2.49. The highest BCUT2D eigenvalue weighted by Crippen LogP contribution is 2.24. The van der Waals surface area contributed by atoms with Gasteiger partial charge in [0, 0.05) is 45.1 Å². The first-order valence-electron chi connectivity index (χ1n) is 8.09. The first-order valence-corrected chi connectivity index (χ1v) is 8.09. The zero-order valence-electron chi connectivity index (χ0n) is 13.6. The van der Waals surface area contributed by atoms with Crippen molar-refractivity contribution in [2.24, 2.45) is 11.8 Å². The number of piperidine rings is 1. The largest absolute Gasteiger partial charge is 0.384 e. The summed E-state index contributed by atoms with van der Waals surface area (Å²) in [5, 5.41) is 3.52. The number of hydrogen-bond donors (Lipinski definition) is 1. The number of rotatable bonds is 7. The molecule has 1 saturated heterocycles. The lowest BCUT2D eigenvalue weighted by Gasteiger charge is -2.33. The number of aromatic nitrogens is 1. The van der Waals surface area contributed by atoms with E-state index in [0.29, 0.717) is 11.8 Å². The van der Waals surface area contributed by atoms with E-state index in [9.17, 15) is 0 Å². The Morgan fingerprint density at radius 2 is 2.14 bits per heavy atom. The second kappa shape index (κ2) is 8.35. The normalized spacial score (nSPS) is 16.7. The molecular formula is C17H29N3O. The molecule has 0 radical (unpaired) electrons. The van der Waals surface area contributed by atoms with Crippen LogP contribution >= 0.6 is 0 Å². The molecule has 0 aliphatic carbocycles. The maximum Gasteiger partial charge on any atom is 0.133 e. The highest BCUT2D eigenvalue weighted by atomic mass is 16.5. The zero-order chi connectivity index (χ0) is 15.1. The van der Waals surface area contributed by atoms with Gasteiger partial charge in [0.05, 0.1) is 0 Å². The van der Waals surface area contributed by atoms with Crippen LogP contribution in [0.5, 0.6) is 0 Å². The second-order valence-corrected chi connectivity index (χ2v) is 6.40. The van der Waals surface area contributed by atoms with E-state index in [1.54, 1.807) is 7.11 Å². The Labute approximate surface area is 128 Å². The topological polar surface area (TPSA) is 37.4 Å². The van der Waals surface area contributed by atoms with Crippen LogP contribution in [0.15, 0.2) is 18.3 Å². The first-order chi connectivity index (χ1) is 10.2. The summed E-state index contributed by atoms with van der Waals surface area (Å²) < 4.78 is 5.28. The minimum Gasteiger partial charge on any atom is -0.384 e. The molecule has 0 aromatic carbocycles. The number of anilines is 1. The molecule has 21 heavy (non-hydrogen) atoms. The maximum absolute atomic E-state index is 5.28. The van der Waals surface area contributed by atoms with Gasteiger partial charge >= 0.3 is 0 Å². The van der Waals surface area contributed by atoms with E-state index in [4.69, 9.17) is 4.74 Å². The Bertz CT molecular complexity index is 414. The van der Waals surface area contributed by atoms with Crippen LogP contribution in [0.4, 0.5) is 5.82 Å². The van der Waals surface area contributed by atoms with Crippen molar-refractivity contribution in [2.45, 2.75) is 33.2 Å². The van der Waals surface area contributed by atoms with Gasteiger partial charge in [0.15, 0.2) is 0 Å². The number of methoxy groups -OCH3 is 1. The van der Waals surface area contributed by atoms with Crippen molar-refractivity contribution >= 4 is 5.82 Å². The molecule has 0 atom stereocenters. The minimum absolute atomic E-state index is 0.676. The lowest BCUT2D eigenvalue weighted by molar-refractivity contribution is 0.139. The monoisotopic (exact) mass is 291 g/mol. The number of hydrogen-bond acceptors (Lipinski definition) is 4. The van der Waals surface area contributed by atoms with Crippen LogP contribution < -0.4 is 10.2 Å². The molecule has 1 fully saturated rings. The van der Waals surface area contributed by atoms with Gasteiger partial charge in [-0.25, -0.2) is 4.98 Å². The van der Waals surface area contributed by atoms with Gasteiger partial charge in [0.1, 0.15) is 5.82 Å². The van der Waals surface area contributed by atoms with Gasteiger partial charge in [-0.2, -0.15) is 0 Å². The van der Waals surface area contributed by atoms with Crippen LogP contribution in [0.1, 0.15) is 32.3 Å². The van der Waals surface area contributed by atoms with Crippen molar-refractivity contribution in [3.63, 3.8) is 0 Å². The summed E-state index contributed by atoms with van der Waals surface area (Å²) in [4.78, 5) is 7.05. The molecule has 1 aromatic rings. The van der Waals surface area contributed by atoms with Crippen LogP contribution in [0.3, 0.4) is 0 Å². The molecule has 2 heterocycles. The van der Waals surface area contributed by atoms with Gasteiger partial charge in [-0.3, -0.25) is 0 Å². The Morgan fingerprint density at radius 1 is 1.38 bits per heavy atom. The van der Waals surface area contributed by atoms with Crippen molar-refractivity contribution in [2.75, 3.05) is 38.3 Å². The third-order valence-electron chi connectivity index (χ3n) is 4.05. The average molecular weight is 291 g/mol. The van der Waals surface area contributed by atoms with E-state index in [-0.39, 0.29) is 0 Å². The number of nitrogens with one attached hydrogen (secondary N) is 1. The van der Waals surface area contributed by atoms with Crippen LogP contribution in [-0.4, -0.2) is 38.3 Å². The van der Waals surface area contributed by atoms with Gasteiger partial charge in [0.25, 0.3) is 0 Å². The van der Waals surface area contributed by atoms with Gasteiger partial charge in [0.2, 0.25) is 0 Å². The van der Waals surface area contributed by atoms with Crippen LogP contribution in [-0.2, 0) is 11.3 Å². The molecule has 4 nitrogen and oxygen atoms in total. The summed E-state index contributed by atoms with van der Waals surface area (Å²) in [7, 11) is 1.80. The Morgan fingerprint density at radius 3 is 2.81 bits per heavy atom. The van der Waals surface area contributed by atoms with Gasteiger partial charge < -0.3 is 15.0 Å². The Hall–Kier alpha value is -1.13. The van der Waals surface area contributed by atoms with Crippen molar-refractivity contribution in [1.82, 2.24) is 10.3 Å². The summed E-state index contributed by atoms with van der Waals surface area (Å²) in [5.74, 6) is 2.54. The van der Waals surface area contributed by atoms with E-state index >= 15 is 0 Å². The fourth-order valence-electron chi connectivity index (χ4n) is 2.90. The van der Waals surface area contributed by atoms with E-state index < -0.39 is 0 Å². The fraction of sp³-hybridized carbons (Fsp3) is 0.706. The zero-order valence-corrected chi connectivity index (χ0v) is 13.6. The van der Waals surface area contributed by atoms with Crippen molar-refractivity contribution < 1.29 is 4.74 Å². The second-order valence-electron chi connectivity index (χ2n) is 6.40. The molecule has 118 valence electrons. The highest BCUT2D eigenvalue weighted by Gasteiger charge is 2.21. The Kier molecular flexibility index (Phi) is 6.46. The summed E-state index contributed by atoms with van der Waals surface area (Å²) in [6.07, 6.45) is 4.30. The molecule has 0 unspecified atom stereocenters. The lowest BCUT2D eigenvalue weighted by atomic mass is 9.97. The molecule has 1 aromatic heterocycles. The molecular weight excluding hydrogens is 262 g/mol. The minimum atomic E-state index is 0.676. The van der Waals surface area contributed by atoms with Gasteiger partial charge in [-0.1, -0.05) is 19.9 Å². The smallest absolute Gasteiger partial charge is 0.133 e. The van der Waals surface area contributed by atoms with Crippen LogP contribution in [0.25, 0.3) is 0 Å². The Balaban J connectivity index is 1.93. The molecule has 4 heteroatoms. The number of pyridine rings is 1. The summed E-state index contributed by atoms with van der Waals surface area (Å²) in [6.45, 7) is 9.47. The quantitative estimate of drug-likeness (QED) is 0.838. The third kappa shape index (κ3) is 4.97. The van der Waals surface area contributed by atoms with Crippen molar-refractivity contribution in [1.29, 1.82) is 0 Å². The standard InChI is InChI=1S/C17H29N3O/c1-14(2)11-18-12-16-5-4-8-19-17(16)20-9-6-15(7-10-20)13-21-3/h4-5,8,14-15,18H,6-7,9-13H2,1-3H3. The molecule has 0 saturated carbocycles. The molecule has 1 aliphatic rings. The van der Waals surface area contributed by atoms with E-state index in [1.807, 2.05) is 12.3 Å². The number of nitrogens with zero attached hydrogens (tertiary/aromatic N) is 2. The number of ether oxygens (including phenoxy) is 1. The fourth-order valence-corrected chi connectivity index (χ4v) is 2.90. The maximum atomic E-state index is 5.28. The van der Waals surface area contributed by atoms with E-state index in [2.05, 4.69) is 35.1 Å². The van der Waals surface area contributed by atoms with E-state index in [0.717, 1.165) is 38.6 Å². The SMILES string of the molecule is COCC1CCN(c2ncccc2CNCC(C)C)CC1. The van der Waals surface area contributed by atoms with Gasteiger partial charge in [-0.05, 0) is 37.3 Å². The molecule has 1 N–H and O–H groups in total. The van der Waals surface area contributed by atoms with Crippen molar-refractivity contribution in [3.8, 4) is 0 Å². The van der Waals surface area contributed by atoms with Gasteiger partial charge in [-0.15, -0.1) is 0 Å². The van der Waals surface area contributed by atoms with Crippen LogP contribution in [0, 0.1) is 11.8 Å². The third-order valence-corrected chi connectivity index (χ3v) is 4.05. The molecule has 1 aliphatic heterocycles.